The van der Waals surface area contributed by atoms with Gasteiger partial charge in [-0.25, -0.2) is 4.79 Å². The summed E-state index contributed by atoms with van der Waals surface area (Å²) in [5, 5.41) is 15.8. The molecule has 39 heavy (non-hydrogen) atoms. The van der Waals surface area contributed by atoms with E-state index in [0.717, 1.165) is 66.7 Å². The van der Waals surface area contributed by atoms with Crippen molar-refractivity contribution in [1.29, 1.82) is 0 Å². The first-order valence-corrected chi connectivity index (χ1v) is 14.2. The first kappa shape index (κ1) is 25.0. The molecule has 2 unspecified atom stereocenters. The van der Waals surface area contributed by atoms with Crippen LogP contribution in [0, 0.1) is 11.8 Å². The summed E-state index contributed by atoms with van der Waals surface area (Å²) < 4.78 is 14.2. The largest absolute Gasteiger partial charge is 0.478 e. The van der Waals surface area contributed by atoms with E-state index in [9.17, 15) is 9.90 Å². The lowest BCUT2D eigenvalue weighted by Crippen LogP contribution is -2.23. The van der Waals surface area contributed by atoms with Crippen molar-refractivity contribution in [3.05, 3.63) is 69.5 Å². The van der Waals surface area contributed by atoms with Gasteiger partial charge in [-0.1, -0.05) is 34.4 Å². The molecule has 0 spiro atoms. The number of rotatable bonds is 7. The molecule has 3 fully saturated rings. The number of ether oxygens (including phenoxy) is 1. The van der Waals surface area contributed by atoms with Gasteiger partial charge in [-0.2, -0.15) is 0 Å². The Morgan fingerprint density at radius 3 is 2.51 bits per heavy atom. The monoisotopic (exact) mass is 565 g/mol. The highest BCUT2D eigenvalue weighted by Crippen LogP contribution is 2.47. The van der Waals surface area contributed by atoms with Crippen molar-refractivity contribution in [2.45, 2.75) is 44.3 Å². The van der Waals surface area contributed by atoms with Crippen molar-refractivity contribution in [2.24, 2.45) is 18.9 Å². The SMILES string of the molecule is Cn1cc(C(=O)O)c2ccc(N3CC4CC(OCc5c(-c6c(Cl)cccc6Cl)noc5C5CC5)CC4C3)cc21. The molecule has 0 bridgehead atoms. The van der Waals surface area contributed by atoms with Crippen LogP contribution in [0.5, 0.6) is 0 Å². The average Bonchev–Trinajstić information content (AvgIpc) is 3.21. The summed E-state index contributed by atoms with van der Waals surface area (Å²) in [6.07, 6.45) is 6.12. The van der Waals surface area contributed by atoms with Crippen LogP contribution in [0.4, 0.5) is 5.69 Å². The number of anilines is 1. The number of carbonyl (C=O) groups is 1. The molecule has 7 rings (SSSR count). The normalized spacial score (nSPS) is 22.6. The number of aromatic nitrogens is 2. The minimum absolute atomic E-state index is 0.187. The lowest BCUT2D eigenvalue weighted by molar-refractivity contribution is 0.0403. The number of fused-ring (bicyclic) bond motifs is 2. The van der Waals surface area contributed by atoms with Crippen LogP contribution in [-0.2, 0) is 18.4 Å². The van der Waals surface area contributed by atoms with Gasteiger partial charge in [-0.05, 0) is 67.9 Å². The molecule has 1 saturated heterocycles. The Morgan fingerprint density at radius 2 is 1.85 bits per heavy atom. The zero-order valence-electron chi connectivity index (χ0n) is 21.6. The van der Waals surface area contributed by atoms with Gasteiger partial charge in [0.1, 0.15) is 11.5 Å². The fourth-order valence-electron chi connectivity index (χ4n) is 6.58. The highest BCUT2D eigenvalue weighted by atomic mass is 35.5. The highest BCUT2D eigenvalue weighted by molar-refractivity contribution is 6.39. The smallest absolute Gasteiger partial charge is 0.337 e. The van der Waals surface area contributed by atoms with E-state index < -0.39 is 5.97 Å². The van der Waals surface area contributed by atoms with Gasteiger partial charge < -0.3 is 23.8 Å². The molecule has 9 heteroatoms. The number of halogens is 2. The number of aromatic carboxylic acids is 1. The molecule has 1 aliphatic heterocycles. The van der Waals surface area contributed by atoms with E-state index in [1.54, 1.807) is 6.20 Å². The molecule has 2 aromatic carbocycles. The first-order chi connectivity index (χ1) is 18.9. The van der Waals surface area contributed by atoms with Crippen LogP contribution in [0.25, 0.3) is 22.2 Å². The minimum Gasteiger partial charge on any atom is -0.478 e. The molecule has 202 valence electrons. The van der Waals surface area contributed by atoms with Crippen LogP contribution >= 0.6 is 23.2 Å². The topological polar surface area (TPSA) is 80.7 Å². The molecule has 3 heterocycles. The Balaban J connectivity index is 1.04. The maximum Gasteiger partial charge on any atom is 0.337 e. The van der Waals surface area contributed by atoms with Gasteiger partial charge in [0.25, 0.3) is 0 Å². The molecule has 2 aliphatic carbocycles. The quantitative estimate of drug-likeness (QED) is 0.256. The average molecular weight is 566 g/mol. The second kappa shape index (κ2) is 9.58. The van der Waals surface area contributed by atoms with Gasteiger partial charge >= 0.3 is 5.97 Å². The molecule has 2 atom stereocenters. The van der Waals surface area contributed by atoms with E-state index >= 15 is 0 Å². The van der Waals surface area contributed by atoms with Gasteiger partial charge in [0.15, 0.2) is 0 Å². The van der Waals surface area contributed by atoms with Crippen LogP contribution in [0.15, 0.2) is 47.1 Å². The van der Waals surface area contributed by atoms with Gasteiger partial charge in [0, 0.05) is 54.5 Å². The molecular weight excluding hydrogens is 537 g/mol. The van der Waals surface area contributed by atoms with Crippen LogP contribution < -0.4 is 4.90 Å². The van der Waals surface area contributed by atoms with Crippen LogP contribution in [0.1, 0.15) is 53.3 Å². The number of benzene rings is 2. The summed E-state index contributed by atoms with van der Waals surface area (Å²) in [7, 11) is 1.90. The summed E-state index contributed by atoms with van der Waals surface area (Å²) >= 11 is 13.0. The number of nitrogens with zero attached hydrogens (tertiary/aromatic N) is 3. The van der Waals surface area contributed by atoms with Crippen LogP contribution in [0.3, 0.4) is 0 Å². The molecule has 1 N–H and O–H groups in total. The maximum atomic E-state index is 11.6. The predicted octanol–water partition coefficient (Wildman–Crippen LogP) is 7.15. The fourth-order valence-corrected chi connectivity index (χ4v) is 7.16. The fraction of sp³-hybridized carbons (Fsp3) is 0.400. The number of carboxylic acids is 1. The second-order valence-electron chi connectivity index (χ2n) is 11.2. The lowest BCUT2D eigenvalue weighted by atomic mass is 10.0. The minimum atomic E-state index is -0.896. The van der Waals surface area contributed by atoms with Gasteiger partial charge in [-0.3, -0.25) is 0 Å². The Morgan fingerprint density at radius 1 is 1.13 bits per heavy atom. The second-order valence-corrected chi connectivity index (χ2v) is 12.0. The lowest BCUT2D eigenvalue weighted by Gasteiger charge is -2.22. The van der Waals surface area contributed by atoms with E-state index in [2.05, 4.69) is 22.2 Å². The summed E-state index contributed by atoms with van der Waals surface area (Å²) in [4.78, 5) is 14.0. The Hall–Kier alpha value is -3.00. The molecular formula is C30H29Cl2N3O4. The summed E-state index contributed by atoms with van der Waals surface area (Å²) in [6.45, 7) is 2.40. The van der Waals surface area contributed by atoms with Crippen molar-refractivity contribution in [2.75, 3.05) is 18.0 Å². The zero-order valence-corrected chi connectivity index (χ0v) is 23.1. The third-order valence-corrected chi connectivity index (χ3v) is 9.34. The van der Waals surface area contributed by atoms with Crippen LogP contribution in [0.2, 0.25) is 10.0 Å². The van der Waals surface area contributed by atoms with E-state index in [1.807, 2.05) is 35.9 Å². The number of hydrogen-bond donors (Lipinski definition) is 1. The Bertz CT molecular complexity index is 1560. The van der Waals surface area contributed by atoms with Gasteiger partial charge in [-0.15, -0.1) is 0 Å². The van der Waals surface area contributed by atoms with E-state index in [-0.39, 0.29) is 6.10 Å². The molecule has 2 aromatic heterocycles. The third kappa shape index (κ3) is 4.41. The highest BCUT2D eigenvalue weighted by Gasteiger charge is 2.42. The zero-order chi connectivity index (χ0) is 26.8. The molecule has 7 nitrogen and oxygen atoms in total. The predicted molar refractivity (Wildman–Crippen MR) is 151 cm³/mol. The van der Waals surface area contributed by atoms with Gasteiger partial charge in [0.05, 0.1) is 33.8 Å². The third-order valence-electron chi connectivity index (χ3n) is 8.71. The summed E-state index contributed by atoms with van der Waals surface area (Å²) in [5.74, 6) is 1.55. The van der Waals surface area contributed by atoms with Crippen molar-refractivity contribution in [3.63, 3.8) is 0 Å². The van der Waals surface area contributed by atoms with E-state index in [4.69, 9.17) is 32.5 Å². The summed E-state index contributed by atoms with van der Waals surface area (Å²) in [5.41, 5.74) is 4.81. The van der Waals surface area contributed by atoms with Gasteiger partial charge in [0.2, 0.25) is 0 Å². The Labute approximate surface area is 236 Å². The van der Waals surface area contributed by atoms with Crippen molar-refractivity contribution >= 4 is 45.8 Å². The van der Waals surface area contributed by atoms with E-state index in [0.29, 0.717) is 51.2 Å². The maximum absolute atomic E-state index is 11.6. The molecule has 3 aliphatic rings. The molecule has 2 saturated carbocycles. The Kier molecular flexibility index (Phi) is 6.14. The number of hydrogen-bond acceptors (Lipinski definition) is 5. The molecule has 4 aromatic rings. The molecule has 0 radical (unpaired) electrons. The van der Waals surface area contributed by atoms with Crippen molar-refractivity contribution < 1.29 is 19.2 Å². The van der Waals surface area contributed by atoms with Crippen LogP contribution in [-0.4, -0.2) is 40.0 Å². The number of aryl methyl sites for hydroxylation is 1. The van der Waals surface area contributed by atoms with Crippen molar-refractivity contribution in [1.82, 2.24) is 9.72 Å². The summed E-state index contributed by atoms with van der Waals surface area (Å²) in [6, 6.07) is 11.6. The standard InChI is InChI=1S/C30H29Cl2N3O4/c1-34-14-22(30(36)37)21-8-7-19(11-26(21)34)35-12-17-9-20(10-18(17)13-35)38-15-23-28(33-39-29(23)16-5-6-16)27-24(31)3-2-4-25(27)32/h2-4,7-8,11,14,16-18,20H,5-6,9-10,12-13,15H2,1H3,(H,36,37). The van der Waals surface area contributed by atoms with E-state index in [1.165, 1.54) is 0 Å². The van der Waals surface area contributed by atoms with Crippen molar-refractivity contribution in [3.8, 4) is 11.3 Å². The first-order valence-electron chi connectivity index (χ1n) is 13.5. The molecule has 0 amide bonds. The number of carboxylic acid groups (broad SMARTS) is 1.